The van der Waals surface area contributed by atoms with Gasteiger partial charge in [-0.25, -0.2) is 0 Å². The van der Waals surface area contributed by atoms with E-state index in [0.717, 1.165) is 6.21 Å². The molecule has 0 N–H and O–H groups in total. The number of carbonyl (C=O) groups is 1. The van der Waals surface area contributed by atoms with Gasteiger partial charge in [-0.1, -0.05) is 5.16 Å². The van der Waals surface area contributed by atoms with Crippen LogP contribution in [0.3, 0.4) is 0 Å². The molecule has 0 saturated heterocycles. The molecule has 1 heterocycles. The molecule has 0 aliphatic heterocycles. The fourth-order valence-corrected chi connectivity index (χ4v) is 1.17. The maximum absolute atomic E-state index is 10.9. The van der Waals surface area contributed by atoms with E-state index in [2.05, 4.69) is 15.3 Å². The molecule has 0 bridgehead atoms. The van der Waals surface area contributed by atoms with Crippen LogP contribution in [0.4, 0.5) is 5.00 Å². The van der Waals surface area contributed by atoms with Crippen molar-refractivity contribution in [2.75, 3.05) is 7.11 Å². The zero-order chi connectivity index (χ0) is 8.81. The van der Waals surface area contributed by atoms with Crippen LogP contribution < -0.4 is 5.32 Å². The molecule has 12 heavy (non-hydrogen) atoms. The number of nitrogens with zero attached hydrogens (tertiary/aromatic N) is 2. The Morgan fingerprint density at radius 1 is 1.75 bits per heavy atom. The third-order valence-electron chi connectivity index (χ3n) is 0.995. The van der Waals surface area contributed by atoms with Gasteiger partial charge in [-0.15, -0.1) is 11.3 Å². The van der Waals surface area contributed by atoms with Gasteiger partial charge in [0.1, 0.15) is 18.3 Å². The highest BCUT2D eigenvalue weighted by molar-refractivity contribution is 7.13. The van der Waals surface area contributed by atoms with Crippen LogP contribution in [0.25, 0.3) is 0 Å². The van der Waals surface area contributed by atoms with Gasteiger partial charge >= 0.3 is 0 Å². The fraction of sp³-hybridized carbons (Fsp3) is 0.143. The van der Waals surface area contributed by atoms with E-state index in [-0.39, 0.29) is 0 Å². The van der Waals surface area contributed by atoms with E-state index in [0.29, 0.717) is 5.00 Å². The van der Waals surface area contributed by atoms with E-state index in [4.69, 9.17) is 0 Å². The van der Waals surface area contributed by atoms with Gasteiger partial charge in [0.05, 0.1) is 0 Å². The van der Waals surface area contributed by atoms with Gasteiger partial charge in [0, 0.05) is 0 Å². The van der Waals surface area contributed by atoms with Gasteiger partial charge in [-0.05, 0) is 17.5 Å². The summed E-state index contributed by atoms with van der Waals surface area (Å²) in [5.74, 6) is -0.417. The van der Waals surface area contributed by atoms with Gasteiger partial charge < -0.3 is 4.84 Å². The van der Waals surface area contributed by atoms with Crippen LogP contribution in [-0.4, -0.2) is 19.2 Å². The summed E-state index contributed by atoms with van der Waals surface area (Å²) in [6.07, 6.45) is 1.03. The van der Waals surface area contributed by atoms with Gasteiger partial charge in [0.15, 0.2) is 0 Å². The van der Waals surface area contributed by atoms with E-state index in [1.54, 1.807) is 6.07 Å². The van der Waals surface area contributed by atoms with Crippen molar-refractivity contribution in [1.82, 2.24) is 5.32 Å². The Bertz CT molecular complexity index is 269. The number of rotatable bonds is 3. The second-order valence-corrected chi connectivity index (χ2v) is 2.74. The molecule has 1 radical (unpaired) electrons. The maximum atomic E-state index is 10.9. The van der Waals surface area contributed by atoms with Gasteiger partial charge in [0.2, 0.25) is 0 Å². The Balaban J connectivity index is 2.42. The molecule has 0 spiro atoms. The highest BCUT2D eigenvalue weighted by atomic mass is 32.1. The Morgan fingerprint density at radius 2 is 2.58 bits per heavy atom. The highest BCUT2D eigenvalue weighted by Crippen LogP contribution is 2.14. The Hall–Kier alpha value is -1.36. The quantitative estimate of drug-likeness (QED) is 0.521. The van der Waals surface area contributed by atoms with Crippen LogP contribution in [-0.2, 0) is 9.63 Å². The molecule has 1 aromatic heterocycles. The van der Waals surface area contributed by atoms with Gasteiger partial charge in [-0.3, -0.25) is 4.79 Å². The van der Waals surface area contributed by atoms with Crippen LogP contribution in [0.15, 0.2) is 22.7 Å². The number of oxime groups is 1. The van der Waals surface area contributed by atoms with Gasteiger partial charge in [-0.2, -0.15) is 5.32 Å². The minimum Gasteiger partial charge on any atom is -0.399 e. The summed E-state index contributed by atoms with van der Waals surface area (Å²) >= 11 is 1.39. The monoisotopic (exact) mass is 183 g/mol. The second kappa shape index (κ2) is 4.50. The molecular formula is C7H7N2O2S. The molecule has 0 unspecified atom stereocenters. The molecule has 4 nitrogen and oxygen atoms in total. The maximum Gasteiger partial charge on any atom is 0.292 e. The lowest BCUT2D eigenvalue weighted by atomic mass is 10.6. The van der Waals surface area contributed by atoms with E-state index < -0.39 is 5.91 Å². The Kier molecular flexibility index (Phi) is 3.28. The lowest BCUT2D eigenvalue weighted by molar-refractivity contribution is -0.113. The molecule has 0 fully saturated rings. The Labute approximate surface area is 73.8 Å². The van der Waals surface area contributed by atoms with Crippen molar-refractivity contribution in [3.05, 3.63) is 17.5 Å². The average Bonchev–Trinajstić information content (AvgIpc) is 2.53. The first-order valence-electron chi connectivity index (χ1n) is 3.18. The first-order chi connectivity index (χ1) is 5.83. The summed E-state index contributed by atoms with van der Waals surface area (Å²) in [6, 6.07) is 3.58. The number of hydrogen-bond acceptors (Lipinski definition) is 4. The highest BCUT2D eigenvalue weighted by Gasteiger charge is 2.00. The predicted molar refractivity (Wildman–Crippen MR) is 46.6 cm³/mol. The normalized spacial score (nSPS) is 10.1. The number of amides is 1. The van der Waals surface area contributed by atoms with Crippen molar-refractivity contribution in [2.45, 2.75) is 0 Å². The molecule has 0 aromatic carbocycles. The molecule has 0 aliphatic rings. The molecule has 1 aromatic rings. The lowest BCUT2D eigenvalue weighted by Crippen LogP contribution is -2.10. The van der Waals surface area contributed by atoms with Gasteiger partial charge in [0.25, 0.3) is 5.91 Å². The van der Waals surface area contributed by atoms with Crippen molar-refractivity contribution >= 4 is 28.5 Å². The number of carbonyl (C=O) groups excluding carboxylic acids is 1. The van der Waals surface area contributed by atoms with E-state index in [1.807, 2.05) is 11.4 Å². The molecule has 63 valence electrons. The summed E-state index contributed by atoms with van der Waals surface area (Å²) < 4.78 is 0. The molecule has 0 atom stereocenters. The van der Waals surface area contributed by atoms with Crippen molar-refractivity contribution in [1.29, 1.82) is 0 Å². The summed E-state index contributed by atoms with van der Waals surface area (Å²) in [6.45, 7) is 0. The van der Waals surface area contributed by atoms with Crippen LogP contribution in [0.2, 0.25) is 0 Å². The summed E-state index contributed by atoms with van der Waals surface area (Å²) in [4.78, 5) is 15.2. The van der Waals surface area contributed by atoms with Crippen LogP contribution in [0.5, 0.6) is 0 Å². The molecule has 0 saturated carbocycles. The molecule has 1 amide bonds. The number of hydrogen-bond donors (Lipinski definition) is 0. The third-order valence-corrected chi connectivity index (χ3v) is 1.76. The first kappa shape index (κ1) is 8.73. The fourth-order valence-electron chi connectivity index (χ4n) is 0.569. The van der Waals surface area contributed by atoms with E-state index >= 15 is 0 Å². The average molecular weight is 183 g/mol. The standard InChI is InChI=1S/C7H7N2O2S/c1-11-8-5-6(10)9-7-3-2-4-12-7/h2-5H,1H3/b8-5+. The first-order valence-corrected chi connectivity index (χ1v) is 4.06. The van der Waals surface area contributed by atoms with Crippen molar-refractivity contribution in [2.24, 2.45) is 5.16 Å². The van der Waals surface area contributed by atoms with Crippen molar-refractivity contribution in [3.63, 3.8) is 0 Å². The molecule has 5 heteroatoms. The van der Waals surface area contributed by atoms with Crippen molar-refractivity contribution < 1.29 is 9.63 Å². The van der Waals surface area contributed by atoms with Crippen molar-refractivity contribution in [3.8, 4) is 0 Å². The minimum absolute atomic E-state index is 0.417. The van der Waals surface area contributed by atoms with E-state index in [1.165, 1.54) is 18.4 Å². The van der Waals surface area contributed by atoms with Crippen LogP contribution in [0.1, 0.15) is 0 Å². The van der Waals surface area contributed by atoms with Crippen LogP contribution >= 0.6 is 11.3 Å². The molecule has 1 rings (SSSR count). The number of thiophene rings is 1. The molecule has 0 aliphatic carbocycles. The zero-order valence-corrected chi connectivity index (χ0v) is 7.25. The summed E-state index contributed by atoms with van der Waals surface area (Å²) in [5, 5.41) is 9.51. The van der Waals surface area contributed by atoms with Crippen LogP contribution in [0, 0.1) is 0 Å². The molecular weight excluding hydrogens is 176 g/mol. The van der Waals surface area contributed by atoms with E-state index in [9.17, 15) is 4.79 Å². The lowest BCUT2D eigenvalue weighted by Gasteiger charge is -1.90. The zero-order valence-electron chi connectivity index (χ0n) is 6.43. The smallest absolute Gasteiger partial charge is 0.292 e. The summed E-state index contributed by atoms with van der Waals surface area (Å²) in [5.41, 5.74) is 0. The second-order valence-electron chi connectivity index (χ2n) is 1.82. The SMILES string of the molecule is CO/N=C/C(=O)[N]c1cccs1. The minimum atomic E-state index is -0.417. The third kappa shape index (κ3) is 2.71. The largest absolute Gasteiger partial charge is 0.399 e. The topological polar surface area (TPSA) is 52.8 Å². The predicted octanol–water partition coefficient (Wildman–Crippen LogP) is 1.14. The Morgan fingerprint density at radius 3 is 3.17 bits per heavy atom. The summed E-state index contributed by atoms with van der Waals surface area (Å²) in [7, 11) is 1.37.